The molecule has 2 aliphatic heterocycles. The Kier molecular flexibility index (Phi) is 5.73. The summed E-state index contributed by atoms with van der Waals surface area (Å²) in [7, 11) is -3.63. The number of aryl methyl sites for hydroxylation is 1. The monoisotopic (exact) mass is 526 g/mol. The fraction of sp³-hybridized carbons (Fsp3) is 0.387. The van der Waals surface area contributed by atoms with Crippen molar-refractivity contribution >= 4 is 21.1 Å². The Morgan fingerprint density at radius 2 is 1.50 bits per heavy atom. The lowest BCUT2D eigenvalue weighted by atomic mass is 9.95. The van der Waals surface area contributed by atoms with Gasteiger partial charge in [0.05, 0.1) is 21.5 Å². The molecule has 0 amide bonds. The molecule has 0 radical (unpaired) electrons. The van der Waals surface area contributed by atoms with Crippen molar-refractivity contribution in [1.29, 1.82) is 0 Å². The summed E-state index contributed by atoms with van der Waals surface area (Å²) in [4.78, 5) is 7.86. The van der Waals surface area contributed by atoms with E-state index in [-0.39, 0.29) is 5.92 Å². The Hall–Kier alpha value is -3.00. The topological polar surface area (TPSA) is 67.2 Å². The molecule has 3 aliphatic rings. The van der Waals surface area contributed by atoms with Gasteiger partial charge in [-0.1, -0.05) is 60.7 Å². The predicted octanol–water partition coefficient (Wildman–Crippen LogP) is 5.41. The molecule has 7 rings (SSSR count). The van der Waals surface area contributed by atoms with Crippen LogP contribution in [0.2, 0.25) is 0 Å². The van der Waals surface area contributed by atoms with Crippen LogP contribution < -0.4 is 4.72 Å². The van der Waals surface area contributed by atoms with E-state index in [2.05, 4.69) is 57.5 Å². The van der Waals surface area contributed by atoms with Crippen molar-refractivity contribution in [3.05, 3.63) is 96.3 Å². The molecule has 4 aromatic rings. The lowest BCUT2D eigenvalue weighted by Gasteiger charge is -2.40. The molecular formula is C31H34N4O2S. The molecule has 1 aromatic heterocycles. The van der Waals surface area contributed by atoms with Crippen molar-refractivity contribution < 1.29 is 8.42 Å². The van der Waals surface area contributed by atoms with Crippen LogP contribution in [-0.2, 0) is 15.6 Å². The summed E-state index contributed by atoms with van der Waals surface area (Å²) in [5.41, 5.74) is 2.83. The van der Waals surface area contributed by atoms with Crippen molar-refractivity contribution in [2.75, 3.05) is 6.54 Å². The first-order chi connectivity index (χ1) is 18.4. The second kappa shape index (κ2) is 9.04. The van der Waals surface area contributed by atoms with Gasteiger partial charge in [-0.2, -0.15) is 0 Å². The standard InChI is InChI=1S/C31H34N4O2S/c1-22-32-29-14-8-9-15-30(29)35(22)27-18-25-16-17-26(19-27)34(25)21-24-20-31(24,23-10-4-2-5-11-23)33-38(36,37)28-12-6-3-7-13-28/h2-15,24-27,33H,16-21H2,1H3/t24-,25-,26+,27+,31+/m0/s1. The van der Waals surface area contributed by atoms with Crippen LogP contribution in [0, 0.1) is 12.8 Å². The zero-order valence-electron chi connectivity index (χ0n) is 21.7. The normalized spacial score (nSPS) is 29.1. The molecular weight excluding hydrogens is 492 g/mol. The minimum atomic E-state index is -3.63. The van der Waals surface area contributed by atoms with Crippen LogP contribution in [0.5, 0.6) is 0 Å². The number of fused-ring (bicyclic) bond motifs is 3. The molecule has 1 saturated carbocycles. The molecule has 0 unspecified atom stereocenters. The van der Waals surface area contributed by atoms with E-state index in [1.807, 2.05) is 24.3 Å². The number of para-hydroxylation sites is 2. The SMILES string of the molecule is Cc1nc2ccccc2n1[C@H]1C[C@H]2CC[C@@H](C1)N2C[C@@H]1C[C@@]1(NS(=O)(=O)c1ccccc1)c1ccccc1. The summed E-state index contributed by atoms with van der Waals surface area (Å²) in [6.07, 6.45) is 5.51. The highest BCUT2D eigenvalue weighted by Gasteiger charge is 2.59. The first-order valence-corrected chi connectivity index (χ1v) is 15.3. The van der Waals surface area contributed by atoms with Gasteiger partial charge in [-0.15, -0.1) is 0 Å². The van der Waals surface area contributed by atoms with Crippen LogP contribution >= 0.6 is 0 Å². The van der Waals surface area contributed by atoms with Crippen molar-refractivity contribution in [1.82, 2.24) is 19.2 Å². The largest absolute Gasteiger partial charge is 0.325 e. The lowest BCUT2D eigenvalue weighted by molar-refractivity contribution is 0.0991. The summed E-state index contributed by atoms with van der Waals surface area (Å²) in [5.74, 6) is 1.35. The van der Waals surface area contributed by atoms with Crippen LogP contribution in [0.15, 0.2) is 89.8 Å². The number of nitrogens with one attached hydrogen (secondary N) is 1. The molecule has 5 atom stereocenters. The smallest absolute Gasteiger partial charge is 0.241 e. The van der Waals surface area contributed by atoms with Gasteiger partial charge in [-0.25, -0.2) is 18.1 Å². The highest BCUT2D eigenvalue weighted by molar-refractivity contribution is 7.89. The van der Waals surface area contributed by atoms with E-state index in [1.54, 1.807) is 24.3 Å². The third kappa shape index (κ3) is 3.99. The lowest BCUT2D eigenvalue weighted by Crippen LogP contribution is -2.46. The van der Waals surface area contributed by atoms with Crippen LogP contribution in [0.25, 0.3) is 11.0 Å². The Morgan fingerprint density at radius 3 is 2.21 bits per heavy atom. The van der Waals surface area contributed by atoms with Gasteiger partial charge < -0.3 is 4.57 Å². The van der Waals surface area contributed by atoms with Gasteiger partial charge in [-0.3, -0.25) is 4.90 Å². The Labute approximate surface area is 224 Å². The first-order valence-electron chi connectivity index (χ1n) is 13.8. The van der Waals surface area contributed by atoms with Gasteiger partial charge in [0, 0.05) is 24.7 Å². The molecule has 2 saturated heterocycles. The summed E-state index contributed by atoms with van der Waals surface area (Å²) in [6, 6.07) is 28.9. The maximum Gasteiger partial charge on any atom is 0.241 e. The Morgan fingerprint density at radius 1 is 0.868 bits per heavy atom. The van der Waals surface area contributed by atoms with E-state index in [0.29, 0.717) is 23.0 Å². The second-order valence-electron chi connectivity index (χ2n) is 11.4. The average molecular weight is 527 g/mol. The zero-order valence-corrected chi connectivity index (χ0v) is 22.5. The summed E-state index contributed by atoms with van der Waals surface area (Å²) in [6.45, 7) is 3.06. The van der Waals surface area contributed by atoms with E-state index in [4.69, 9.17) is 4.98 Å². The number of hydrogen-bond acceptors (Lipinski definition) is 4. The fourth-order valence-corrected chi connectivity index (χ4v) is 8.84. The second-order valence-corrected chi connectivity index (χ2v) is 13.1. The quantitative estimate of drug-likeness (QED) is 0.350. The maximum absolute atomic E-state index is 13.4. The molecule has 2 bridgehead atoms. The molecule has 1 N–H and O–H groups in total. The average Bonchev–Trinajstić information content (AvgIpc) is 3.42. The third-order valence-electron chi connectivity index (χ3n) is 9.19. The number of hydrogen-bond donors (Lipinski definition) is 1. The Balaban J connectivity index is 1.13. The fourth-order valence-electron chi connectivity index (χ4n) is 7.36. The number of sulfonamides is 1. The minimum Gasteiger partial charge on any atom is -0.325 e. The van der Waals surface area contributed by atoms with Gasteiger partial charge >= 0.3 is 0 Å². The van der Waals surface area contributed by atoms with Gasteiger partial charge in [0.2, 0.25) is 10.0 Å². The first kappa shape index (κ1) is 24.1. The number of rotatable bonds is 7. The summed E-state index contributed by atoms with van der Waals surface area (Å²) >= 11 is 0. The molecule has 196 valence electrons. The zero-order chi connectivity index (χ0) is 25.9. The van der Waals surface area contributed by atoms with Gasteiger partial charge in [0.1, 0.15) is 5.82 Å². The molecule has 7 heteroatoms. The van der Waals surface area contributed by atoms with Gasteiger partial charge in [0.25, 0.3) is 0 Å². The maximum atomic E-state index is 13.4. The van der Waals surface area contributed by atoms with Crippen molar-refractivity contribution in [2.24, 2.45) is 5.92 Å². The van der Waals surface area contributed by atoms with Crippen LogP contribution in [0.3, 0.4) is 0 Å². The van der Waals surface area contributed by atoms with Gasteiger partial charge in [0.15, 0.2) is 0 Å². The number of aromatic nitrogens is 2. The van der Waals surface area contributed by atoms with Crippen LogP contribution in [0.4, 0.5) is 0 Å². The van der Waals surface area contributed by atoms with E-state index >= 15 is 0 Å². The van der Waals surface area contributed by atoms with Crippen molar-refractivity contribution in [3.63, 3.8) is 0 Å². The molecule has 3 heterocycles. The summed E-state index contributed by atoms with van der Waals surface area (Å²) in [5, 5.41) is 0. The number of imidazole rings is 1. The predicted molar refractivity (Wildman–Crippen MR) is 149 cm³/mol. The highest BCUT2D eigenvalue weighted by Crippen LogP contribution is 2.55. The van der Waals surface area contributed by atoms with E-state index in [1.165, 1.54) is 18.4 Å². The third-order valence-corrected chi connectivity index (χ3v) is 10.7. The van der Waals surface area contributed by atoms with E-state index in [0.717, 1.165) is 42.7 Å². The van der Waals surface area contributed by atoms with Crippen LogP contribution in [-0.4, -0.2) is 41.5 Å². The Bertz CT molecular complexity index is 1560. The number of benzene rings is 3. The molecule has 3 fully saturated rings. The number of piperidine rings is 1. The molecule has 0 spiro atoms. The van der Waals surface area contributed by atoms with E-state index < -0.39 is 15.6 Å². The number of nitrogens with zero attached hydrogens (tertiary/aromatic N) is 3. The van der Waals surface area contributed by atoms with E-state index in [9.17, 15) is 8.42 Å². The minimum absolute atomic E-state index is 0.249. The van der Waals surface area contributed by atoms with Crippen molar-refractivity contribution in [2.45, 2.75) is 67.6 Å². The highest BCUT2D eigenvalue weighted by atomic mass is 32.2. The molecule has 38 heavy (non-hydrogen) atoms. The molecule has 1 aliphatic carbocycles. The molecule has 3 aromatic carbocycles. The van der Waals surface area contributed by atoms with Crippen molar-refractivity contribution in [3.8, 4) is 0 Å². The van der Waals surface area contributed by atoms with Crippen LogP contribution in [0.1, 0.15) is 49.5 Å². The summed E-state index contributed by atoms with van der Waals surface area (Å²) < 4.78 is 32.5. The van der Waals surface area contributed by atoms with Gasteiger partial charge in [-0.05, 0) is 74.8 Å². The molecule has 6 nitrogen and oxygen atoms in total.